The smallest absolute Gasteiger partial charge is 0.273 e. The lowest BCUT2D eigenvalue weighted by Crippen LogP contribution is -2.33. The van der Waals surface area contributed by atoms with E-state index >= 15 is 0 Å². The number of non-ortho nitro benzene ring substituents is 1. The SMILES string of the molecule is CC(c1ccc(S(N)(=O)=O)cc1)N(C)C(=O)COc1cccc([N+](=O)[O-])c1. The molecule has 2 rings (SSSR count). The van der Waals surface area contributed by atoms with E-state index in [4.69, 9.17) is 9.88 Å². The second kappa shape index (κ2) is 8.14. The van der Waals surface area contributed by atoms with Gasteiger partial charge in [-0.05, 0) is 30.7 Å². The molecule has 9 nitrogen and oxygen atoms in total. The van der Waals surface area contributed by atoms with Crippen LogP contribution in [0.1, 0.15) is 18.5 Å². The average Bonchev–Trinajstić information content (AvgIpc) is 2.64. The Kier molecular flexibility index (Phi) is 6.13. The number of nitro benzene ring substituents is 1. The first-order valence-electron chi connectivity index (χ1n) is 7.85. The predicted molar refractivity (Wildman–Crippen MR) is 97.6 cm³/mol. The molecule has 0 aromatic heterocycles. The molecular weight excluding hydrogens is 374 g/mol. The van der Waals surface area contributed by atoms with Gasteiger partial charge in [-0.2, -0.15) is 0 Å². The van der Waals surface area contributed by atoms with E-state index in [-0.39, 0.29) is 34.9 Å². The maximum Gasteiger partial charge on any atom is 0.273 e. The molecule has 1 amide bonds. The minimum absolute atomic E-state index is 0.0126. The van der Waals surface area contributed by atoms with E-state index in [1.807, 2.05) is 0 Å². The fourth-order valence-electron chi connectivity index (χ4n) is 2.31. The molecule has 1 atom stereocenters. The zero-order chi connectivity index (χ0) is 20.2. The van der Waals surface area contributed by atoms with Crippen molar-refractivity contribution in [3.8, 4) is 5.75 Å². The molecule has 144 valence electrons. The van der Waals surface area contributed by atoms with Crippen LogP contribution in [0, 0.1) is 10.1 Å². The van der Waals surface area contributed by atoms with Crippen molar-refractivity contribution in [2.24, 2.45) is 5.14 Å². The summed E-state index contributed by atoms with van der Waals surface area (Å²) in [7, 11) is -2.20. The van der Waals surface area contributed by atoms with Crippen LogP contribution >= 0.6 is 0 Å². The van der Waals surface area contributed by atoms with E-state index in [1.54, 1.807) is 26.1 Å². The molecule has 0 aliphatic carbocycles. The highest BCUT2D eigenvalue weighted by Crippen LogP contribution is 2.22. The largest absolute Gasteiger partial charge is 0.484 e. The van der Waals surface area contributed by atoms with Gasteiger partial charge in [-0.1, -0.05) is 18.2 Å². The van der Waals surface area contributed by atoms with Gasteiger partial charge in [-0.3, -0.25) is 14.9 Å². The molecule has 0 aliphatic heterocycles. The number of sulfonamides is 1. The highest BCUT2D eigenvalue weighted by Gasteiger charge is 2.19. The summed E-state index contributed by atoms with van der Waals surface area (Å²) in [6, 6.07) is 11.1. The Morgan fingerprint density at radius 2 is 1.89 bits per heavy atom. The maximum absolute atomic E-state index is 12.3. The van der Waals surface area contributed by atoms with Gasteiger partial charge in [-0.15, -0.1) is 0 Å². The van der Waals surface area contributed by atoms with E-state index in [0.29, 0.717) is 5.56 Å². The maximum atomic E-state index is 12.3. The summed E-state index contributed by atoms with van der Waals surface area (Å²) in [5, 5.41) is 15.8. The summed E-state index contributed by atoms with van der Waals surface area (Å²) in [6.45, 7) is 1.48. The topological polar surface area (TPSA) is 133 Å². The summed E-state index contributed by atoms with van der Waals surface area (Å²) >= 11 is 0. The number of nitrogens with two attached hydrogens (primary N) is 1. The van der Waals surface area contributed by atoms with Crippen LogP contribution in [-0.2, 0) is 14.8 Å². The number of nitrogens with zero attached hydrogens (tertiary/aromatic N) is 2. The minimum Gasteiger partial charge on any atom is -0.484 e. The number of rotatable bonds is 7. The van der Waals surface area contributed by atoms with Gasteiger partial charge >= 0.3 is 0 Å². The predicted octanol–water partition coefficient (Wildman–Crippen LogP) is 1.84. The van der Waals surface area contributed by atoms with Crippen molar-refractivity contribution in [2.75, 3.05) is 13.7 Å². The number of amides is 1. The van der Waals surface area contributed by atoms with E-state index in [2.05, 4.69) is 0 Å². The van der Waals surface area contributed by atoms with Crippen LogP contribution in [0.25, 0.3) is 0 Å². The summed E-state index contributed by atoms with van der Waals surface area (Å²) in [5.41, 5.74) is 0.588. The first-order chi connectivity index (χ1) is 12.6. The second-order valence-corrected chi connectivity index (χ2v) is 7.40. The minimum atomic E-state index is -3.78. The molecule has 0 spiro atoms. The zero-order valence-electron chi connectivity index (χ0n) is 14.7. The third-order valence-electron chi connectivity index (χ3n) is 4.06. The number of hydrogen-bond donors (Lipinski definition) is 1. The second-order valence-electron chi connectivity index (χ2n) is 5.84. The fraction of sp³-hybridized carbons (Fsp3) is 0.235. The summed E-state index contributed by atoms with van der Waals surface area (Å²) < 4.78 is 27.9. The number of nitro groups is 1. The lowest BCUT2D eigenvalue weighted by Gasteiger charge is -2.25. The Labute approximate surface area is 156 Å². The van der Waals surface area contributed by atoms with Crippen LogP contribution in [0.3, 0.4) is 0 Å². The van der Waals surface area contributed by atoms with E-state index in [1.165, 1.54) is 41.3 Å². The van der Waals surface area contributed by atoms with Crippen molar-refractivity contribution >= 4 is 21.6 Å². The van der Waals surface area contributed by atoms with Gasteiger partial charge in [0.15, 0.2) is 6.61 Å². The van der Waals surface area contributed by atoms with Crippen molar-refractivity contribution in [1.82, 2.24) is 4.90 Å². The molecule has 0 heterocycles. The molecule has 2 aromatic rings. The number of hydrogen-bond acceptors (Lipinski definition) is 6. The fourth-order valence-corrected chi connectivity index (χ4v) is 2.82. The lowest BCUT2D eigenvalue weighted by molar-refractivity contribution is -0.384. The quantitative estimate of drug-likeness (QED) is 0.564. The van der Waals surface area contributed by atoms with Crippen molar-refractivity contribution in [3.05, 3.63) is 64.2 Å². The number of ether oxygens (including phenoxy) is 1. The molecule has 2 aromatic carbocycles. The Hall–Kier alpha value is -2.98. The van der Waals surface area contributed by atoms with Crippen molar-refractivity contribution < 1.29 is 22.9 Å². The van der Waals surface area contributed by atoms with Crippen LogP contribution < -0.4 is 9.88 Å². The molecule has 2 N–H and O–H groups in total. The zero-order valence-corrected chi connectivity index (χ0v) is 15.5. The summed E-state index contributed by atoms with van der Waals surface area (Å²) in [4.78, 5) is 24.0. The van der Waals surface area contributed by atoms with Gasteiger partial charge in [-0.25, -0.2) is 13.6 Å². The van der Waals surface area contributed by atoms with E-state index < -0.39 is 14.9 Å². The number of carbonyl (C=O) groups is 1. The van der Waals surface area contributed by atoms with Crippen LogP contribution in [0.15, 0.2) is 53.4 Å². The monoisotopic (exact) mass is 393 g/mol. The van der Waals surface area contributed by atoms with Crippen molar-refractivity contribution in [3.63, 3.8) is 0 Å². The normalized spacial score (nSPS) is 12.3. The highest BCUT2D eigenvalue weighted by atomic mass is 32.2. The Morgan fingerprint density at radius 3 is 2.44 bits per heavy atom. The van der Waals surface area contributed by atoms with Crippen LogP contribution in [0.4, 0.5) is 5.69 Å². The lowest BCUT2D eigenvalue weighted by atomic mass is 10.1. The first-order valence-corrected chi connectivity index (χ1v) is 9.40. The Morgan fingerprint density at radius 1 is 1.26 bits per heavy atom. The third-order valence-corrected chi connectivity index (χ3v) is 4.99. The van der Waals surface area contributed by atoms with Gasteiger partial charge in [0.1, 0.15) is 5.75 Å². The third kappa shape index (κ3) is 5.25. The molecule has 10 heteroatoms. The number of primary sulfonamides is 1. The van der Waals surface area contributed by atoms with Gasteiger partial charge in [0.25, 0.3) is 11.6 Å². The van der Waals surface area contributed by atoms with Gasteiger partial charge in [0.2, 0.25) is 10.0 Å². The molecule has 0 bridgehead atoms. The molecule has 27 heavy (non-hydrogen) atoms. The molecule has 0 fully saturated rings. The molecule has 0 saturated heterocycles. The average molecular weight is 393 g/mol. The van der Waals surface area contributed by atoms with E-state index in [0.717, 1.165) is 0 Å². The first kappa shape index (κ1) is 20.3. The molecular formula is C17H19N3O6S. The number of carbonyl (C=O) groups excluding carboxylic acids is 1. The standard InChI is InChI=1S/C17H19N3O6S/c1-12(13-6-8-16(9-7-13)27(18,24)25)19(2)17(21)11-26-15-5-3-4-14(10-15)20(22)23/h3-10,12H,11H2,1-2H3,(H2,18,24,25). The van der Waals surface area contributed by atoms with Crippen LogP contribution in [0.2, 0.25) is 0 Å². The number of likely N-dealkylation sites (N-methyl/N-ethyl adjacent to an activating group) is 1. The van der Waals surface area contributed by atoms with Crippen molar-refractivity contribution in [2.45, 2.75) is 17.9 Å². The number of benzene rings is 2. The molecule has 0 aliphatic rings. The Bertz CT molecular complexity index is 943. The Balaban J connectivity index is 2.01. The van der Waals surface area contributed by atoms with E-state index in [9.17, 15) is 23.3 Å². The molecule has 0 saturated carbocycles. The summed E-state index contributed by atoms with van der Waals surface area (Å²) in [5.74, 6) is -0.124. The van der Waals surface area contributed by atoms with Gasteiger partial charge in [0.05, 0.1) is 21.9 Å². The van der Waals surface area contributed by atoms with Gasteiger partial charge < -0.3 is 9.64 Å². The van der Waals surface area contributed by atoms with Crippen LogP contribution in [-0.4, -0.2) is 37.8 Å². The van der Waals surface area contributed by atoms with Crippen LogP contribution in [0.5, 0.6) is 5.75 Å². The summed E-state index contributed by atoms with van der Waals surface area (Å²) in [6.07, 6.45) is 0. The molecule has 0 radical (unpaired) electrons. The molecule has 1 unspecified atom stereocenters. The van der Waals surface area contributed by atoms with Crippen molar-refractivity contribution in [1.29, 1.82) is 0 Å². The highest BCUT2D eigenvalue weighted by molar-refractivity contribution is 7.89. The van der Waals surface area contributed by atoms with Gasteiger partial charge in [0, 0.05) is 13.1 Å².